The highest BCUT2D eigenvalue weighted by Crippen LogP contribution is 2.11. The Morgan fingerprint density at radius 2 is 2.38 bits per heavy atom. The van der Waals surface area contributed by atoms with Crippen LogP contribution >= 0.6 is 0 Å². The zero-order valence-electron chi connectivity index (χ0n) is 8.85. The number of aromatic nitrogens is 2. The molecule has 1 saturated heterocycles. The van der Waals surface area contributed by atoms with Crippen LogP contribution in [0.2, 0.25) is 0 Å². The van der Waals surface area contributed by atoms with E-state index in [1.165, 1.54) is 6.07 Å². The summed E-state index contributed by atoms with van der Waals surface area (Å²) in [6.45, 7) is 1.85. The lowest BCUT2D eigenvalue weighted by atomic mass is 10.1. The van der Waals surface area contributed by atoms with Gasteiger partial charge in [0.15, 0.2) is 5.69 Å². The monoisotopic (exact) mass is 222 g/mol. The molecule has 1 amide bonds. The lowest BCUT2D eigenvalue weighted by Gasteiger charge is -2.22. The average molecular weight is 222 g/mol. The molecule has 1 aliphatic rings. The number of carbonyl (C=O) groups excluding carboxylic acids is 1. The minimum atomic E-state index is -0.585. The fourth-order valence-corrected chi connectivity index (χ4v) is 1.61. The van der Waals surface area contributed by atoms with Gasteiger partial charge in [-0.05, 0) is 25.5 Å². The summed E-state index contributed by atoms with van der Waals surface area (Å²) in [5, 5.41) is 10.7. The minimum absolute atomic E-state index is 0.127. The molecule has 6 nitrogen and oxygen atoms in total. The van der Waals surface area contributed by atoms with Gasteiger partial charge in [0.2, 0.25) is 5.88 Å². The molecule has 0 aromatic carbocycles. The van der Waals surface area contributed by atoms with Gasteiger partial charge < -0.3 is 15.8 Å². The lowest BCUT2D eigenvalue weighted by molar-refractivity contribution is 0.0994. The van der Waals surface area contributed by atoms with Gasteiger partial charge in [0.25, 0.3) is 5.91 Å². The SMILES string of the molecule is NC(=O)c1ccc(O[C@H]2CCCNC2)nn1. The van der Waals surface area contributed by atoms with E-state index in [-0.39, 0.29) is 11.8 Å². The van der Waals surface area contributed by atoms with Crippen LogP contribution in [0.4, 0.5) is 0 Å². The van der Waals surface area contributed by atoms with Crippen LogP contribution in [0.5, 0.6) is 5.88 Å². The molecule has 16 heavy (non-hydrogen) atoms. The Balaban J connectivity index is 1.96. The first-order valence-electron chi connectivity index (χ1n) is 5.26. The van der Waals surface area contributed by atoms with Gasteiger partial charge in [-0.3, -0.25) is 4.79 Å². The van der Waals surface area contributed by atoms with Crippen LogP contribution in [0.15, 0.2) is 12.1 Å². The van der Waals surface area contributed by atoms with Crippen molar-refractivity contribution in [3.8, 4) is 5.88 Å². The Morgan fingerprint density at radius 3 is 2.94 bits per heavy atom. The second kappa shape index (κ2) is 4.89. The maximum atomic E-state index is 10.8. The summed E-state index contributed by atoms with van der Waals surface area (Å²) in [6.07, 6.45) is 2.23. The molecule has 1 fully saturated rings. The van der Waals surface area contributed by atoms with E-state index in [9.17, 15) is 4.79 Å². The van der Waals surface area contributed by atoms with E-state index in [4.69, 9.17) is 10.5 Å². The van der Waals surface area contributed by atoms with E-state index in [0.717, 1.165) is 25.9 Å². The van der Waals surface area contributed by atoms with Crippen molar-refractivity contribution in [2.45, 2.75) is 18.9 Å². The number of carbonyl (C=O) groups is 1. The van der Waals surface area contributed by atoms with Crippen molar-refractivity contribution in [2.75, 3.05) is 13.1 Å². The van der Waals surface area contributed by atoms with Crippen LogP contribution in [-0.2, 0) is 0 Å². The number of nitrogens with one attached hydrogen (secondary N) is 1. The highest BCUT2D eigenvalue weighted by Gasteiger charge is 2.15. The molecule has 0 unspecified atom stereocenters. The molecule has 3 N–H and O–H groups in total. The summed E-state index contributed by atoms with van der Waals surface area (Å²) in [7, 11) is 0. The maximum absolute atomic E-state index is 10.8. The first-order valence-corrected chi connectivity index (χ1v) is 5.26. The van der Waals surface area contributed by atoms with Crippen molar-refractivity contribution in [1.82, 2.24) is 15.5 Å². The maximum Gasteiger partial charge on any atom is 0.269 e. The van der Waals surface area contributed by atoms with Crippen LogP contribution in [0, 0.1) is 0 Å². The van der Waals surface area contributed by atoms with Gasteiger partial charge in [0, 0.05) is 12.6 Å². The first-order chi connectivity index (χ1) is 7.75. The summed E-state index contributed by atoms with van der Waals surface area (Å²) >= 11 is 0. The molecule has 86 valence electrons. The van der Waals surface area contributed by atoms with E-state index >= 15 is 0 Å². The molecule has 0 saturated carbocycles. The fraction of sp³-hybridized carbons (Fsp3) is 0.500. The van der Waals surface area contributed by atoms with Gasteiger partial charge in [-0.2, -0.15) is 0 Å². The molecule has 0 bridgehead atoms. The molecule has 1 aliphatic heterocycles. The van der Waals surface area contributed by atoms with Crippen LogP contribution in [0.1, 0.15) is 23.3 Å². The molecular weight excluding hydrogens is 208 g/mol. The second-order valence-electron chi connectivity index (χ2n) is 3.71. The van der Waals surface area contributed by atoms with Crippen molar-refractivity contribution in [3.05, 3.63) is 17.8 Å². The molecule has 1 atom stereocenters. The number of piperidine rings is 1. The average Bonchev–Trinajstić information content (AvgIpc) is 2.31. The molecular formula is C10H14N4O2. The van der Waals surface area contributed by atoms with Gasteiger partial charge >= 0.3 is 0 Å². The summed E-state index contributed by atoms with van der Waals surface area (Å²) < 4.78 is 5.60. The lowest BCUT2D eigenvalue weighted by Crippen LogP contribution is -2.37. The van der Waals surface area contributed by atoms with Crippen LogP contribution in [0.25, 0.3) is 0 Å². The van der Waals surface area contributed by atoms with Crippen molar-refractivity contribution in [3.63, 3.8) is 0 Å². The molecule has 0 aliphatic carbocycles. The topological polar surface area (TPSA) is 90.1 Å². The number of amides is 1. The summed E-state index contributed by atoms with van der Waals surface area (Å²) in [5.41, 5.74) is 5.20. The van der Waals surface area contributed by atoms with E-state index in [1.54, 1.807) is 6.07 Å². The van der Waals surface area contributed by atoms with E-state index in [1.807, 2.05) is 0 Å². The highest BCUT2D eigenvalue weighted by atomic mass is 16.5. The number of nitrogens with zero attached hydrogens (tertiary/aromatic N) is 2. The van der Waals surface area contributed by atoms with Gasteiger partial charge in [0.1, 0.15) is 6.10 Å². The van der Waals surface area contributed by atoms with Crippen LogP contribution in [0.3, 0.4) is 0 Å². The normalized spacial score (nSPS) is 20.4. The minimum Gasteiger partial charge on any atom is -0.472 e. The predicted molar refractivity (Wildman–Crippen MR) is 57.1 cm³/mol. The van der Waals surface area contributed by atoms with Gasteiger partial charge in [-0.1, -0.05) is 0 Å². The standard InChI is InChI=1S/C10H14N4O2/c11-10(15)8-3-4-9(14-13-8)16-7-2-1-5-12-6-7/h3-4,7,12H,1-2,5-6H2,(H2,11,15)/t7-/m0/s1. The van der Waals surface area contributed by atoms with E-state index in [2.05, 4.69) is 15.5 Å². The Morgan fingerprint density at radius 1 is 1.50 bits per heavy atom. The van der Waals surface area contributed by atoms with Crippen LogP contribution < -0.4 is 15.8 Å². The molecule has 1 aromatic rings. The number of rotatable bonds is 3. The smallest absolute Gasteiger partial charge is 0.269 e. The largest absolute Gasteiger partial charge is 0.472 e. The van der Waals surface area contributed by atoms with Crippen LogP contribution in [-0.4, -0.2) is 35.3 Å². The Kier molecular flexibility index (Phi) is 3.31. The summed E-state index contributed by atoms with van der Waals surface area (Å²) in [6, 6.07) is 3.13. The zero-order chi connectivity index (χ0) is 11.4. The Bertz CT molecular complexity index is 360. The Hall–Kier alpha value is -1.69. The van der Waals surface area contributed by atoms with Gasteiger partial charge in [-0.15, -0.1) is 10.2 Å². The third-order valence-electron chi connectivity index (χ3n) is 2.43. The number of primary amides is 1. The quantitative estimate of drug-likeness (QED) is 0.733. The number of ether oxygens (including phenoxy) is 1. The first kappa shape index (κ1) is 10.8. The number of nitrogens with two attached hydrogens (primary N) is 1. The van der Waals surface area contributed by atoms with Crippen molar-refractivity contribution < 1.29 is 9.53 Å². The Labute approximate surface area is 93.2 Å². The van der Waals surface area contributed by atoms with Crippen molar-refractivity contribution in [2.24, 2.45) is 5.73 Å². The number of hydrogen-bond donors (Lipinski definition) is 2. The molecule has 6 heteroatoms. The van der Waals surface area contributed by atoms with Gasteiger partial charge in [0.05, 0.1) is 0 Å². The van der Waals surface area contributed by atoms with Crippen molar-refractivity contribution in [1.29, 1.82) is 0 Å². The molecule has 0 radical (unpaired) electrons. The fourth-order valence-electron chi connectivity index (χ4n) is 1.61. The van der Waals surface area contributed by atoms with E-state index in [0.29, 0.717) is 5.88 Å². The third kappa shape index (κ3) is 2.66. The molecule has 1 aromatic heterocycles. The summed E-state index contributed by atoms with van der Waals surface area (Å²) in [4.78, 5) is 10.8. The van der Waals surface area contributed by atoms with E-state index < -0.39 is 5.91 Å². The molecule has 2 heterocycles. The molecule has 2 rings (SSSR count). The second-order valence-corrected chi connectivity index (χ2v) is 3.71. The third-order valence-corrected chi connectivity index (χ3v) is 2.43. The number of hydrogen-bond acceptors (Lipinski definition) is 5. The van der Waals surface area contributed by atoms with Crippen molar-refractivity contribution >= 4 is 5.91 Å². The van der Waals surface area contributed by atoms with Gasteiger partial charge in [-0.25, -0.2) is 0 Å². The summed E-state index contributed by atoms with van der Waals surface area (Å²) in [5.74, 6) is -0.155. The molecule has 0 spiro atoms. The predicted octanol–water partition coefficient (Wildman–Crippen LogP) is -0.294. The zero-order valence-corrected chi connectivity index (χ0v) is 8.85. The highest BCUT2D eigenvalue weighted by molar-refractivity contribution is 5.90.